The van der Waals surface area contributed by atoms with Crippen molar-refractivity contribution in [2.24, 2.45) is 0 Å². The van der Waals surface area contributed by atoms with Gasteiger partial charge in [-0.3, -0.25) is 4.79 Å². The van der Waals surface area contributed by atoms with Crippen LogP contribution in [0.4, 0.5) is 0 Å². The van der Waals surface area contributed by atoms with Gasteiger partial charge in [-0.15, -0.1) is 0 Å². The highest BCUT2D eigenvalue weighted by atomic mass is 16.1. The van der Waals surface area contributed by atoms with Gasteiger partial charge in [-0.25, -0.2) is 0 Å². The van der Waals surface area contributed by atoms with Gasteiger partial charge in [0.25, 0.3) is 0 Å². The average Bonchev–Trinajstić information content (AvgIpc) is 2.05. The first-order valence-corrected chi connectivity index (χ1v) is 4.91. The molecular formula is C10H23NO. The molecule has 0 aliphatic carbocycles. The molecule has 1 amide bonds. The van der Waals surface area contributed by atoms with E-state index >= 15 is 0 Å². The predicted octanol–water partition coefficient (Wildman–Crippen LogP) is 2.73. The Labute approximate surface area is 76.7 Å². The first-order valence-electron chi connectivity index (χ1n) is 4.91. The van der Waals surface area contributed by atoms with Gasteiger partial charge in [-0.2, -0.15) is 0 Å². The predicted molar refractivity (Wildman–Crippen MR) is 54.2 cm³/mol. The maximum Gasteiger partial charge on any atom is 0.219 e. The SMILES string of the molecule is CCC.CCC(=O)NC(C)CC. The van der Waals surface area contributed by atoms with E-state index in [4.69, 9.17) is 0 Å². The van der Waals surface area contributed by atoms with E-state index in [1.165, 1.54) is 6.42 Å². The van der Waals surface area contributed by atoms with E-state index in [2.05, 4.69) is 26.1 Å². The summed E-state index contributed by atoms with van der Waals surface area (Å²) in [4.78, 5) is 10.7. The molecule has 0 rings (SSSR count). The molecule has 2 nitrogen and oxygen atoms in total. The molecule has 0 bridgehead atoms. The average molecular weight is 173 g/mol. The Hall–Kier alpha value is -0.530. The third kappa shape index (κ3) is 12.2. The molecule has 0 aromatic carbocycles. The maximum atomic E-state index is 10.7. The number of amides is 1. The van der Waals surface area contributed by atoms with Crippen molar-refractivity contribution in [2.75, 3.05) is 0 Å². The van der Waals surface area contributed by atoms with Crippen molar-refractivity contribution >= 4 is 5.91 Å². The van der Waals surface area contributed by atoms with E-state index in [-0.39, 0.29) is 5.91 Å². The highest BCUT2D eigenvalue weighted by Gasteiger charge is 2.00. The number of rotatable bonds is 3. The van der Waals surface area contributed by atoms with Gasteiger partial charge in [0.05, 0.1) is 0 Å². The summed E-state index contributed by atoms with van der Waals surface area (Å²) in [7, 11) is 0. The van der Waals surface area contributed by atoms with Crippen LogP contribution < -0.4 is 5.32 Å². The first-order chi connectivity index (χ1) is 5.62. The Morgan fingerprint density at radius 1 is 1.25 bits per heavy atom. The Balaban J connectivity index is 0. The van der Waals surface area contributed by atoms with E-state index < -0.39 is 0 Å². The lowest BCUT2D eigenvalue weighted by Crippen LogP contribution is -2.31. The van der Waals surface area contributed by atoms with Gasteiger partial charge in [0.1, 0.15) is 0 Å². The summed E-state index contributed by atoms with van der Waals surface area (Å²) in [6.07, 6.45) is 2.84. The van der Waals surface area contributed by atoms with Crippen molar-refractivity contribution in [3.8, 4) is 0 Å². The van der Waals surface area contributed by atoms with Crippen LogP contribution in [0.2, 0.25) is 0 Å². The summed E-state index contributed by atoms with van der Waals surface area (Å²) in [5.74, 6) is 0.143. The number of hydrogen-bond acceptors (Lipinski definition) is 1. The molecule has 0 aromatic heterocycles. The van der Waals surface area contributed by atoms with Crippen LogP contribution in [0.3, 0.4) is 0 Å². The molecule has 0 fully saturated rings. The summed E-state index contributed by atoms with van der Waals surface area (Å²) in [6, 6.07) is 0.331. The number of carbonyl (C=O) groups excluding carboxylic acids is 1. The molecule has 0 aliphatic rings. The molecular weight excluding hydrogens is 150 g/mol. The fraction of sp³-hybridized carbons (Fsp3) is 0.900. The molecule has 1 atom stereocenters. The maximum absolute atomic E-state index is 10.7. The minimum atomic E-state index is 0.143. The van der Waals surface area contributed by atoms with Gasteiger partial charge < -0.3 is 5.32 Å². The zero-order valence-corrected chi connectivity index (χ0v) is 9.11. The normalized spacial score (nSPS) is 11.1. The third-order valence-corrected chi connectivity index (χ3v) is 1.34. The summed E-state index contributed by atoms with van der Waals surface area (Å²) in [5.41, 5.74) is 0. The van der Waals surface area contributed by atoms with E-state index in [0.29, 0.717) is 12.5 Å². The molecule has 1 N–H and O–H groups in total. The lowest BCUT2D eigenvalue weighted by Gasteiger charge is -2.08. The van der Waals surface area contributed by atoms with Crippen LogP contribution in [0, 0.1) is 0 Å². The van der Waals surface area contributed by atoms with Crippen molar-refractivity contribution in [1.29, 1.82) is 0 Å². The van der Waals surface area contributed by atoms with Crippen molar-refractivity contribution in [2.45, 2.75) is 59.9 Å². The van der Waals surface area contributed by atoms with Gasteiger partial charge in [0.2, 0.25) is 5.91 Å². The molecule has 0 saturated carbocycles. The van der Waals surface area contributed by atoms with Crippen LogP contribution in [0.25, 0.3) is 0 Å². The second kappa shape index (κ2) is 10.5. The standard InChI is InChI=1S/C7H15NO.C3H8/c1-4-6(3)8-7(9)5-2;1-3-2/h6H,4-5H2,1-3H3,(H,8,9);3H2,1-2H3. The van der Waals surface area contributed by atoms with Crippen molar-refractivity contribution in [3.63, 3.8) is 0 Å². The van der Waals surface area contributed by atoms with E-state index in [0.717, 1.165) is 6.42 Å². The summed E-state index contributed by atoms with van der Waals surface area (Å²) >= 11 is 0. The van der Waals surface area contributed by atoms with Crippen LogP contribution in [0.1, 0.15) is 53.9 Å². The lowest BCUT2D eigenvalue weighted by molar-refractivity contribution is -0.121. The largest absolute Gasteiger partial charge is 0.354 e. The number of nitrogens with one attached hydrogen (secondary N) is 1. The van der Waals surface area contributed by atoms with Gasteiger partial charge in [-0.05, 0) is 13.3 Å². The first kappa shape index (κ1) is 14.0. The fourth-order valence-corrected chi connectivity index (χ4v) is 0.479. The molecule has 0 spiro atoms. The quantitative estimate of drug-likeness (QED) is 0.698. The van der Waals surface area contributed by atoms with Crippen LogP contribution in [0.5, 0.6) is 0 Å². The lowest BCUT2D eigenvalue weighted by atomic mass is 10.2. The van der Waals surface area contributed by atoms with Crippen molar-refractivity contribution < 1.29 is 4.79 Å². The number of carbonyl (C=O) groups is 1. The van der Waals surface area contributed by atoms with Crippen LogP contribution in [0.15, 0.2) is 0 Å². The molecule has 0 aliphatic heterocycles. The molecule has 0 aromatic rings. The Kier molecular flexibility index (Phi) is 12.2. The highest BCUT2D eigenvalue weighted by Crippen LogP contribution is 1.87. The highest BCUT2D eigenvalue weighted by molar-refractivity contribution is 5.75. The van der Waals surface area contributed by atoms with Crippen LogP contribution >= 0.6 is 0 Å². The fourth-order valence-electron chi connectivity index (χ4n) is 0.479. The van der Waals surface area contributed by atoms with Crippen molar-refractivity contribution in [3.05, 3.63) is 0 Å². The summed E-state index contributed by atoms with van der Waals surface area (Å²) < 4.78 is 0. The van der Waals surface area contributed by atoms with E-state index in [1.54, 1.807) is 0 Å². The van der Waals surface area contributed by atoms with E-state index in [1.807, 2.05) is 13.8 Å². The molecule has 0 radical (unpaired) electrons. The Morgan fingerprint density at radius 2 is 1.67 bits per heavy atom. The topological polar surface area (TPSA) is 29.1 Å². The van der Waals surface area contributed by atoms with Gasteiger partial charge in [0.15, 0.2) is 0 Å². The second-order valence-corrected chi connectivity index (χ2v) is 2.94. The monoisotopic (exact) mass is 173 g/mol. The zero-order valence-electron chi connectivity index (χ0n) is 9.11. The van der Waals surface area contributed by atoms with Crippen LogP contribution in [-0.4, -0.2) is 11.9 Å². The van der Waals surface area contributed by atoms with Gasteiger partial charge in [0, 0.05) is 12.5 Å². The molecule has 0 heterocycles. The molecule has 1 unspecified atom stereocenters. The third-order valence-electron chi connectivity index (χ3n) is 1.34. The van der Waals surface area contributed by atoms with Gasteiger partial charge >= 0.3 is 0 Å². The minimum Gasteiger partial charge on any atom is -0.354 e. The molecule has 0 saturated heterocycles. The molecule has 74 valence electrons. The molecule has 2 heteroatoms. The zero-order chi connectivity index (χ0) is 9.98. The van der Waals surface area contributed by atoms with Gasteiger partial charge in [-0.1, -0.05) is 34.1 Å². The van der Waals surface area contributed by atoms with Crippen molar-refractivity contribution in [1.82, 2.24) is 5.32 Å². The second-order valence-electron chi connectivity index (χ2n) is 2.94. The molecule has 12 heavy (non-hydrogen) atoms. The Bertz CT molecular complexity index is 102. The summed E-state index contributed by atoms with van der Waals surface area (Å²) in [6.45, 7) is 10.2. The number of hydrogen-bond donors (Lipinski definition) is 1. The smallest absolute Gasteiger partial charge is 0.219 e. The minimum absolute atomic E-state index is 0.143. The van der Waals surface area contributed by atoms with E-state index in [9.17, 15) is 4.79 Å². The Morgan fingerprint density at radius 3 is 1.92 bits per heavy atom. The van der Waals surface area contributed by atoms with Crippen LogP contribution in [-0.2, 0) is 4.79 Å². The summed E-state index contributed by atoms with van der Waals surface area (Å²) in [5, 5.41) is 2.84.